The van der Waals surface area contributed by atoms with Crippen LogP contribution in [-0.4, -0.2) is 51.6 Å². The van der Waals surface area contributed by atoms with Crippen molar-refractivity contribution in [1.29, 1.82) is 0 Å². The predicted octanol–water partition coefficient (Wildman–Crippen LogP) is 2.51. The SMILES string of the molecule is NC1=CNC(c2nn(Cc3ccccc3F)c3ncccc23)(C2CCN(CC(F)F)CC2)N=C1N. The number of amidine groups is 1. The van der Waals surface area contributed by atoms with Crippen LogP contribution in [0.15, 0.2) is 59.5 Å². The molecule has 0 radical (unpaired) electrons. The van der Waals surface area contributed by atoms with E-state index in [4.69, 9.17) is 21.6 Å². The standard InChI is InChI=1S/C24H27F3N8/c25-18-6-2-1-4-15(18)13-35-23-17(5-3-9-30-23)21(33-35)24(31-12-19(28)22(29)32-24)16-7-10-34(11-8-16)14-20(26)27/h1-6,9,12,16,20,31H,7-8,10-11,13-14,28H2,(H2,29,32). The fourth-order valence-corrected chi connectivity index (χ4v) is 4.99. The van der Waals surface area contributed by atoms with Crippen molar-refractivity contribution in [3.8, 4) is 0 Å². The van der Waals surface area contributed by atoms with Gasteiger partial charge in [0.2, 0.25) is 0 Å². The van der Waals surface area contributed by atoms with Crippen LogP contribution >= 0.6 is 0 Å². The molecule has 1 unspecified atom stereocenters. The second-order valence-electron chi connectivity index (χ2n) is 8.95. The number of hydrogen-bond acceptors (Lipinski definition) is 7. The Morgan fingerprint density at radius 3 is 2.60 bits per heavy atom. The summed E-state index contributed by atoms with van der Waals surface area (Å²) in [7, 11) is 0. The maximum Gasteiger partial charge on any atom is 0.251 e. The van der Waals surface area contributed by atoms with Gasteiger partial charge in [0.05, 0.1) is 18.8 Å². The number of aromatic nitrogens is 3. The summed E-state index contributed by atoms with van der Waals surface area (Å²) in [4.78, 5) is 11.1. The van der Waals surface area contributed by atoms with Gasteiger partial charge in [-0.2, -0.15) is 5.10 Å². The van der Waals surface area contributed by atoms with Crippen molar-refractivity contribution >= 4 is 16.9 Å². The van der Waals surface area contributed by atoms with Gasteiger partial charge in [0.1, 0.15) is 17.3 Å². The number of rotatable bonds is 6. The van der Waals surface area contributed by atoms with Crippen molar-refractivity contribution in [1.82, 2.24) is 25.0 Å². The van der Waals surface area contributed by atoms with Crippen molar-refractivity contribution < 1.29 is 13.2 Å². The largest absolute Gasteiger partial charge is 0.395 e. The summed E-state index contributed by atoms with van der Waals surface area (Å²) in [5.74, 6) is -0.248. The van der Waals surface area contributed by atoms with Gasteiger partial charge in [0, 0.05) is 29.3 Å². The van der Waals surface area contributed by atoms with Gasteiger partial charge in [-0.25, -0.2) is 27.8 Å². The number of pyridine rings is 1. The molecule has 2 aliphatic heterocycles. The van der Waals surface area contributed by atoms with E-state index in [0.717, 1.165) is 5.39 Å². The topological polar surface area (TPSA) is 110 Å². The zero-order chi connectivity index (χ0) is 24.6. The first-order valence-corrected chi connectivity index (χ1v) is 11.5. The van der Waals surface area contributed by atoms with Gasteiger partial charge >= 0.3 is 0 Å². The van der Waals surface area contributed by atoms with Gasteiger partial charge in [0.15, 0.2) is 11.3 Å². The number of piperidine rings is 1. The normalized spacial score (nSPS) is 21.7. The van der Waals surface area contributed by atoms with Crippen LogP contribution in [0, 0.1) is 11.7 Å². The summed E-state index contributed by atoms with van der Waals surface area (Å²) in [5, 5.41) is 8.97. The molecule has 0 bridgehead atoms. The molecule has 1 fully saturated rings. The van der Waals surface area contributed by atoms with E-state index in [9.17, 15) is 13.2 Å². The third-order valence-electron chi connectivity index (χ3n) is 6.76. The van der Waals surface area contributed by atoms with Crippen molar-refractivity contribution in [2.75, 3.05) is 19.6 Å². The van der Waals surface area contributed by atoms with E-state index in [1.54, 1.807) is 46.2 Å². The highest BCUT2D eigenvalue weighted by molar-refractivity contribution is 5.97. The van der Waals surface area contributed by atoms with Crippen LogP contribution in [-0.2, 0) is 12.2 Å². The molecule has 35 heavy (non-hydrogen) atoms. The molecule has 5 rings (SSSR count). The number of alkyl halides is 2. The Hall–Kier alpha value is -3.60. The molecule has 184 valence electrons. The van der Waals surface area contributed by atoms with Crippen LogP contribution in [0.2, 0.25) is 0 Å². The molecule has 5 N–H and O–H groups in total. The van der Waals surface area contributed by atoms with Crippen molar-refractivity contribution in [3.05, 3.63) is 71.6 Å². The van der Waals surface area contributed by atoms with Gasteiger partial charge in [0.25, 0.3) is 6.43 Å². The van der Waals surface area contributed by atoms with Crippen molar-refractivity contribution in [2.24, 2.45) is 22.4 Å². The lowest BCUT2D eigenvalue weighted by Gasteiger charge is -2.43. The van der Waals surface area contributed by atoms with E-state index in [-0.39, 0.29) is 30.7 Å². The lowest BCUT2D eigenvalue weighted by Crippen LogP contribution is -2.53. The first-order chi connectivity index (χ1) is 16.9. The molecule has 2 aliphatic rings. The fourth-order valence-electron chi connectivity index (χ4n) is 4.99. The zero-order valence-corrected chi connectivity index (χ0v) is 19.0. The molecular weight excluding hydrogens is 457 g/mol. The van der Waals surface area contributed by atoms with Crippen LogP contribution in [0.4, 0.5) is 13.2 Å². The van der Waals surface area contributed by atoms with E-state index >= 15 is 0 Å². The lowest BCUT2D eigenvalue weighted by molar-refractivity contribution is 0.0521. The molecule has 1 aromatic carbocycles. The number of likely N-dealkylation sites (tertiary alicyclic amines) is 1. The monoisotopic (exact) mass is 484 g/mol. The minimum atomic E-state index is -2.38. The van der Waals surface area contributed by atoms with E-state index in [0.29, 0.717) is 48.5 Å². The van der Waals surface area contributed by atoms with Crippen LogP contribution in [0.1, 0.15) is 24.1 Å². The quantitative estimate of drug-likeness (QED) is 0.496. The van der Waals surface area contributed by atoms with Gasteiger partial charge in [-0.3, -0.25) is 4.90 Å². The van der Waals surface area contributed by atoms with E-state index in [2.05, 4.69) is 10.3 Å². The number of halogens is 3. The molecule has 4 heterocycles. The Bertz CT molecular complexity index is 1280. The van der Waals surface area contributed by atoms with Gasteiger partial charge in [-0.05, 0) is 44.1 Å². The van der Waals surface area contributed by atoms with Gasteiger partial charge in [-0.1, -0.05) is 18.2 Å². The molecule has 0 amide bonds. The number of nitrogens with two attached hydrogens (primary N) is 2. The third kappa shape index (κ3) is 4.31. The summed E-state index contributed by atoms with van der Waals surface area (Å²) in [6.07, 6.45) is 2.10. The van der Waals surface area contributed by atoms with Crippen molar-refractivity contribution in [3.63, 3.8) is 0 Å². The van der Waals surface area contributed by atoms with Crippen molar-refractivity contribution in [2.45, 2.75) is 31.5 Å². The molecule has 0 saturated carbocycles. The summed E-state index contributed by atoms with van der Waals surface area (Å²) < 4.78 is 42.0. The van der Waals surface area contributed by atoms with Gasteiger partial charge in [-0.15, -0.1) is 0 Å². The molecule has 3 aromatic rings. The van der Waals surface area contributed by atoms with Gasteiger partial charge < -0.3 is 16.8 Å². The molecule has 0 spiro atoms. The minimum absolute atomic E-state index is 0.0976. The van der Waals surface area contributed by atoms with Crippen LogP contribution in [0.3, 0.4) is 0 Å². The first kappa shape index (κ1) is 23.2. The number of benzene rings is 1. The van der Waals surface area contributed by atoms with Crippen LogP contribution in [0.25, 0.3) is 11.0 Å². The minimum Gasteiger partial charge on any atom is -0.395 e. The summed E-state index contributed by atoms with van der Waals surface area (Å²) in [6, 6.07) is 10.2. The smallest absolute Gasteiger partial charge is 0.251 e. The maximum absolute atomic E-state index is 14.4. The number of nitrogens with one attached hydrogen (secondary N) is 1. The molecule has 0 aliphatic carbocycles. The Labute approximate surface area is 200 Å². The zero-order valence-electron chi connectivity index (χ0n) is 19.0. The molecular formula is C24H27F3N8. The molecule has 1 atom stereocenters. The van der Waals surface area contributed by atoms with E-state index < -0.39 is 12.1 Å². The number of aliphatic imine (C=N–C) groups is 1. The summed E-state index contributed by atoms with van der Waals surface area (Å²) in [6.45, 7) is 0.925. The average molecular weight is 485 g/mol. The summed E-state index contributed by atoms with van der Waals surface area (Å²) >= 11 is 0. The second-order valence-corrected chi connectivity index (χ2v) is 8.95. The predicted molar refractivity (Wildman–Crippen MR) is 127 cm³/mol. The first-order valence-electron chi connectivity index (χ1n) is 11.5. The second kappa shape index (κ2) is 9.21. The molecule has 2 aromatic heterocycles. The molecule has 8 nitrogen and oxygen atoms in total. The Balaban J connectivity index is 1.58. The highest BCUT2D eigenvalue weighted by Crippen LogP contribution is 2.41. The van der Waals surface area contributed by atoms with Crippen LogP contribution in [0.5, 0.6) is 0 Å². The Kier molecular flexibility index (Phi) is 6.10. The van der Waals surface area contributed by atoms with Crippen LogP contribution < -0.4 is 16.8 Å². The summed E-state index contributed by atoms with van der Waals surface area (Å²) in [5.41, 5.74) is 13.1. The third-order valence-corrected chi connectivity index (χ3v) is 6.76. The number of nitrogens with zero attached hydrogens (tertiary/aromatic N) is 5. The number of fused-ring (bicyclic) bond motifs is 1. The highest BCUT2D eigenvalue weighted by Gasteiger charge is 2.46. The molecule has 1 saturated heterocycles. The Morgan fingerprint density at radius 2 is 1.89 bits per heavy atom. The highest BCUT2D eigenvalue weighted by atomic mass is 19.3. The average Bonchev–Trinajstić information content (AvgIpc) is 3.21. The number of hydrogen-bond donors (Lipinski definition) is 3. The van der Waals surface area contributed by atoms with E-state index in [1.165, 1.54) is 6.07 Å². The lowest BCUT2D eigenvalue weighted by atomic mass is 9.80. The van der Waals surface area contributed by atoms with E-state index in [1.807, 2.05) is 6.07 Å². The Morgan fingerprint density at radius 1 is 1.11 bits per heavy atom. The maximum atomic E-state index is 14.4. The fraction of sp³-hybridized carbons (Fsp3) is 0.375. The molecule has 11 heteroatoms.